The van der Waals surface area contributed by atoms with E-state index in [1.165, 1.54) is 0 Å². The molecule has 80 valence electrons. The molecule has 2 atom stereocenters. The van der Waals surface area contributed by atoms with Crippen molar-refractivity contribution in [3.05, 3.63) is 35.9 Å². The van der Waals surface area contributed by atoms with Crippen molar-refractivity contribution < 1.29 is 5.21 Å². The summed E-state index contributed by atoms with van der Waals surface area (Å²) in [6.45, 7) is 2.16. The van der Waals surface area contributed by atoms with Crippen LogP contribution >= 0.6 is 0 Å². The average Bonchev–Trinajstić information content (AvgIpc) is 2.30. The van der Waals surface area contributed by atoms with Crippen molar-refractivity contribution in [3.63, 3.8) is 0 Å². The number of benzene rings is 1. The molecule has 0 saturated carbocycles. The van der Waals surface area contributed by atoms with Gasteiger partial charge in [0.2, 0.25) is 0 Å². The van der Waals surface area contributed by atoms with Crippen molar-refractivity contribution in [1.82, 2.24) is 5.32 Å². The first kappa shape index (κ1) is 10.2. The van der Waals surface area contributed by atoms with Gasteiger partial charge in [0, 0.05) is 6.04 Å². The second-order valence-corrected chi connectivity index (χ2v) is 4.04. The summed E-state index contributed by atoms with van der Waals surface area (Å²) in [6.07, 6.45) is 1.90. The van der Waals surface area contributed by atoms with Crippen LogP contribution in [0.25, 0.3) is 0 Å². The van der Waals surface area contributed by atoms with Crippen LogP contribution in [0.15, 0.2) is 35.5 Å². The third-order valence-corrected chi connectivity index (χ3v) is 2.88. The largest absolute Gasteiger partial charge is 0.411 e. The van der Waals surface area contributed by atoms with E-state index in [1.54, 1.807) is 0 Å². The second-order valence-electron chi connectivity index (χ2n) is 4.04. The zero-order chi connectivity index (χ0) is 10.7. The third-order valence-electron chi connectivity index (χ3n) is 2.88. The van der Waals surface area contributed by atoms with Crippen molar-refractivity contribution in [1.29, 1.82) is 0 Å². The van der Waals surface area contributed by atoms with Crippen molar-refractivity contribution in [2.45, 2.75) is 31.8 Å². The van der Waals surface area contributed by atoms with E-state index >= 15 is 0 Å². The lowest BCUT2D eigenvalue weighted by molar-refractivity contribution is 0.308. The minimum Gasteiger partial charge on any atom is -0.411 e. The van der Waals surface area contributed by atoms with Gasteiger partial charge in [-0.1, -0.05) is 35.5 Å². The van der Waals surface area contributed by atoms with Gasteiger partial charge in [0.15, 0.2) is 0 Å². The average molecular weight is 204 g/mol. The first-order valence-electron chi connectivity index (χ1n) is 5.33. The fraction of sp³-hybridized carbons (Fsp3) is 0.417. The highest BCUT2D eigenvalue weighted by Gasteiger charge is 2.25. The number of rotatable bonds is 1. The fourth-order valence-corrected chi connectivity index (χ4v) is 2.01. The number of hydrogen-bond donors (Lipinski definition) is 2. The summed E-state index contributed by atoms with van der Waals surface area (Å²) in [5.74, 6) is 0. The van der Waals surface area contributed by atoms with Crippen LogP contribution in [0.5, 0.6) is 0 Å². The molecule has 1 heterocycles. The lowest BCUT2D eigenvalue weighted by Gasteiger charge is -2.29. The van der Waals surface area contributed by atoms with Gasteiger partial charge in [0.25, 0.3) is 0 Å². The van der Waals surface area contributed by atoms with E-state index in [4.69, 9.17) is 5.21 Å². The Bertz CT molecular complexity index is 348. The highest BCUT2D eigenvalue weighted by molar-refractivity contribution is 5.90. The quantitative estimate of drug-likeness (QED) is 0.544. The van der Waals surface area contributed by atoms with Crippen LogP contribution in [-0.2, 0) is 0 Å². The highest BCUT2D eigenvalue weighted by atomic mass is 16.4. The van der Waals surface area contributed by atoms with Gasteiger partial charge in [-0.05, 0) is 25.3 Å². The summed E-state index contributed by atoms with van der Waals surface area (Å²) in [4.78, 5) is 0. The Labute approximate surface area is 89.8 Å². The van der Waals surface area contributed by atoms with Gasteiger partial charge in [0.1, 0.15) is 0 Å². The van der Waals surface area contributed by atoms with E-state index in [2.05, 4.69) is 29.5 Å². The number of piperidine rings is 1. The van der Waals surface area contributed by atoms with E-state index in [0.717, 1.165) is 24.1 Å². The normalized spacial score (nSPS) is 29.3. The topological polar surface area (TPSA) is 44.6 Å². The lowest BCUT2D eigenvalue weighted by atomic mass is 9.92. The van der Waals surface area contributed by atoms with Gasteiger partial charge < -0.3 is 10.5 Å². The predicted molar refractivity (Wildman–Crippen MR) is 60.2 cm³/mol. The Morgan fingerprint density at radius 2 is 2.07 bits per heavy atom. The summed E-state index contributed by atoms with van der Waals surface area (Å²) < 4.78 is 0. The maximum Gasteiger partial charge on any atom is 0.0785 e. The van der Waals surface area contributed by atoms with Crippen LogP contribution in [-0.4, -0.2) is 17.0 Å². The molecule has 1 aliphatic rings. The SMILES string of the molecule is C[C@H]1CC/C(=N\O)[C@H](c2ccccc2)N1. The molecule has 1 aromatic carbocycles. The van der Waals surface area contributed by atoms with Gasteiger partial charge in [0.05, 0.1) is 11.8 Å². The molecule has 0 aromatic heterocycles. The van der Waals surface area contributed by atoms with Crippen molar-refractivity contribution in [3.8, 4) is 0 Å². The van der Waals surface area contributed by atoms with Crippen LogP contribution in [0.2, 0.25) is 0 Å². The van der Waals surface area contributed by atoms with Crippen LogP contribution in [0.4, 0.5) is 0 Å². The monoisotopic (exact) mass is 204 g/mol. The van der Waals surface area contributed by atoms with Gasteiger partial charge in [-0.2, -0.15) is 0 Å². The van der Waals surface area contributed by atoms with Gasteiger partial charge in [-0.3, -0.25) is 0 Å². The molecular formula is C12H16N2O. The molecule has 2 N–H and O–H groups in total. The number of hydrogen-bond acceptors (Lipinski definition) is 3. The summed E-state index contributed by atoms with van der Waals surface area (Å²) in [6, 6.07) is 10.7. The second kappa shape index (κ2) is 4.45. The van der Waals surface area contributed by atoms with Crippen molar-refractivity contribution in [2.24, 2.45) is 5.16 Å². The Morgan fingerprint density at radius 1 is 1.33 bits per heavy atom. The van der Waals surface area contributed by atoms with Gasteiger partial charge in [-0.25, -0.2) is 0 Å². The smallest absolute Gasteiger partial charge is 0.0785 e. The molecule has 0 unspecified atom stereocenters. The number of nitrogens with one attached hydrogen (secondary N) is 1. The van der Waals surface area contributed by atoms with Crippen LogP contribution in [0, 0.1) is 0 Å². The summed E-state index contributed by atoms with van der Waals surface area (Å²) in [5, 5.41) is 15.8. The molecule has 0 radical (unpaired) electrons. The number of nitrogens with zero attached hydrogens (tertiary/aromatic N) is 1. The first-order chi connectivity index (χ1) is 7.31. The Kier molecular flexibility index (Phi) is 3.02. The molecular weight excluding hydrogens is 188 g/mol. The molecule has 3 heteroatoms. The van der Waals surface area contributed by atoms with Crippen LogP contribution in [0.3, 0.4) is 0 Å². The minimum absolute atomic E-state index is 0.0694. The first-order valence-corrected chi connectivity index (χ1v) is 5.33. The Balaban J connectivity index is 2.25. The van der Waals surface area contributed by atoms with E-state index in [0.29, 0.717) is 6.04 Å². The molecule has 0 spiro atoms. The predicted octanol–water partition coefficient (Wildman–Crippen LogP) is 2.33. The summed E-state index contributed by atoms with van der Waals surface area (Å²) in [7, 11) is 0. The molecule has 1 aromatic rings. The molecule has 2 rings (SSSR count). The zero-order valence-electron chi connectivity index (χ0n) is 8.85. The minimum atomic E-state index is 0.0694. The molecule has 3 nitrogen and oxygen atoms in total. The van der Waals surface area contributed by atoms with E-state index in [1.807, 2.05) is 18.2 Å². The molecule has 0 amide bonds. The van der Waals surface area contributed by atoms with E-state index < -0.39 is 0 Å². The standard InChI is InChI=1S/C12H16N2O/c1-9-7-8-11(14-15)12(13-9)10-5-3-2-4-6-10/h2-6,9,12-13,15H,7-8H2,1H3/b14-11+/t9-,12-/m0/s1. The highest BCUT2D eigenvalue weighted by Crippen LogP contribution is 2.23. The lowest BCUT2D eigenvalue weighted by Crippen LogP contribution is -2.40. The number of oxime groups is 1. The Hall–Kier alpha value is -1.35. The molecule has 0 aliphatic carbocycles. The molecule has 15 heavy (non-hydrogen) atoms. The maximum absolute atomic E-state index is 8.96. The third kappa shape index (κ3) is 2.18. The Morgan fingerprint density at radius 3 is 2.73 bits per heavy atom. The van der Waals surface area contributed by atoms with E-state index in [9.17, 15) is 0 Å². The zero-order valence-corrected chi connectivity index (χ0v) is 8.85. The van der Waals surface area contributed by atoms with E-state index in [-0.39, 0.29) is 6.04 Å². The summed E-state index contributed by atoms with van der Waals surface area (Å²) in [5.41, 5.74) is 2.00. The van der Waals surface area contributed by atoms with Crippen molar-refractivity contribution >= 4 is 5.71 Å². The van der Waals surface area contributed by atoms with Crippen LogP contribution < -0.4 is 5.32 Å². The molecule has 0 bridgehead atoms. The maximum atomic E-state index is 8.96. The summed E-state index contributed by atoms with van der Waals surface area (Å²) >= 11 is 0. The molecule has 1 fully saturated rings. The molecule has 1 aliphatic heterocycles. The van der Waals surface area contributed by atoms with Crippen LogP contribution in [0.1, 0.15) is 31.4 Å². The van der Waals surface area contributed by atoms with Crippen molar-refractivity contribution in [2.75, 3.05) is 0 Å². The fourth-order valence-electron chi connectivity index (χ4n) is 2.01. The van der Waals surface area contributed by atoms with Gasteiger partial charge >= 0.3 is 0 Å². The van der Waals surface area contributed by atoms with Gasteiger partial charge in [-0.15, -0.1) is 0 Å². The molecule has 1 saturated heterocycles.